The Bertz CT molecular complexity index is 1490. The van der Waals surface area contributed by atoms with Crippen LogP contribution in [0.15, 0.2) is 71.9 Å². The molecule has 1 fully saturated rings. The molecule has 11 heteroatoms. The Morgan fingerprint density at radius 2 is 1.97 bits per heavy atom. The normalized spacial score (nSPS) is 16.4. The molecule has 2 aromatic heterocycles. The van der Waals surface area contributed by atoms with E-state index in [4.69, 9.17) is 23.2 Å². The summed E-state index contributed by atoms with van der Waals surface area (Å²) in [5.74, 6) is 0.186. The van der Waals surface area contributed by atoms with Crippen molar-refractivity contribution < 1.29 is 4.79 Å². The lowest BCUT2D eigenvalue weighted by atomic mass is 10.0. The Hall–Kier alpha value is -3.53. The zero-order valence-corrected chi connectivity index (χ0v) is 22.3. The predicted octanol–water partition coefficient (Wildman–Crippen LogP) is 3.65. The molecule has 1 unspecified atom stereocenters. The summed E-state index contributed by atoms with van der Waals surface area (Å²) in [5, 5.41) is 11.6. The Labute approximate surface area is 230 Å². The Kier molecular flexibility index (Phi) is 7.87. The van der Waals surface area contributed by atoms with Crippen LogP contribution in [0.25, 0.3) is 16.9 Å². The average molecular weight is 552 g/mol. The second kappa shape index (κ2) is 11.5. The lowest BCUT2D eigenvalue weighted by Crippen LogP contribution is -2.40. The fraction of sp³-hybridized carbons (Fsp3) is 0.296. The number of aromatic nitrogens is 5. The number of benzene rings is 2. The summed E-state index contributed by atoms with van der Waals surface area (Å²) >= 11 is 12.2. The molecule has 196 valence electrons. The first kappa shape index (κ1) is 26.1. The van der Waals surface area contributed by atoms with Gasteiger partial charge in [0.1, 0.15) is 6.04 Å². The van der Waals surface area contributed by atoms with E-state index in [1.165, 1.54) is 21.6 Å². The first-order valence-electron chi connectivity index (χ1n) is 12.3. The lowest BCUT2D eigenvalue weighted by molar-refractivity contribution is -0.124. The highest BCUT2D eigenvalue weighted by molar-refractivity contribution is 6.31. The van der Waals surface area contributed by atoms with Crippen LogP contribution >= 0.6 is 23.2 Å². The van der Waals surface area contributed by atoms with Gasteiger partial charge in [-0.25, -0.2) is 9.67 Å². The van der Waals surface area contributed by atoms with Crippen molar-refractivity contribution in [3.8, 4) is 16.9 Å². The third kappa shape index (κ3) is 5.96. The molecule has 0 saturated carbocycles. The van der Waals surface area contributed by atoms with Gasteiger partial charge in [0, 0.05) is 36.2 Å². The van der Waals surface area contributed by atoms with Gasteiger partial charge in [0.25, 0.3) is 5.56 Å². The van der Waals surface area contributed by atoms with Gasteiger partial charge in [0.2, 0.25) is 5.91 Å². The number of carbonyl (C=O) groups is 1. The highest BCUT2D eigenvalue weighted by Crippen LogP contribution is 2.28. The fourth-order valence-electron chi connectivity index (χ4n) is 4.78. The Balaban J connectivity index is 1.46. The van der Waals surface area contributed by atoms with Crippen molar-refractivity contribution in [2.75, 3.05) is 26.7 Å². The molecule has 1 aliphatic rings. The van der Waals surface area contributed by atoms with Gasteiger partial charge < -0.3 is 10.2 Å². The quantitative estimate of drug-likeness (QED) is 0.359. The van der Waals surface area contributed by atoms with Crippen LogP contribution in [0.3, 0.4) is 0 Å². The average Bonchev–Trinajstić information content (AvgIpc) is 3.54. The molecular weight excluding hydrogens is 525 g/mol. The molecule has 38 heavy (non-hydrogen) atoms. The highest BCUT2D eigenvalue weighted by Gasteiger charge is 2.26. The number of amides is 1. The van der Waals surface area contributed by atoms with Crippen LogP contribution in [0.5, 0.6) is 0 Å². The SMILES string of the molecule is CN1CCC(CNC(=O)[C@H](Cc2ccccc2)n2cnc(-c3cc(Cl)ccc3-n3cc(Cl)nn3)cc2=O)C1. The second-order valence-electron chi connectivity index (χ2n) is 9.53. The second-order valence-corrected chi connectivity index (χ2v) is 10.4. The number of hydrogen-bond acceptors (Lipinski definition) is 6. The number of halogens is 2. The molecule has 0 radical (unpaired) electrons. The monoisotopic (exact) mass is 551 g/mol. The van der Waals surface area contributed by atoms with Crippen LogP contribution in [-0.2, 0) is 11.2 Å². The molecule has 5 rings (SSSR count). The molecule has 4 aromatic rings. The summed E-state index contributed by atoms with van der Waals surface area (Å²) in [4.78, 5) is 33.7. The van der Waals surface area contributed by atoms with Crippen LogP contribution in [0, 0.1) is 5.92 Å². The van der Waals surface area contributed by atoms with Crippen LogP contribution in [-0.4, -0.2) is 62.0 Å². The molecule has 1 N–H and O–H groups in total. The molecule has 0 spiro atoms. The minimum Gasteiger partial charge on any atom is -0.354 e. The maximum atomic E-state index is 13.4. The molecule has 2 atom stereocenters. The number of nitrogens with one attached hydrogen (secondary N) is 1. The molecule has 2 aromatic carbocycles. The van der Waals surface area contributed by atoms with E-state index in [2.05, 4.69) is 32.6 Å². The van der Waals surface area contributed by atoms with E-state index in [1.54, 1.807) is 24.4 Å². The van der Waals surface area contributed by atoms with E-state index >= 15 is 0 Å². The molecule has 9 nitrogen and oxygen atoms in total. The number of nitrogens with zero attached hydrogens (tertiary/aromatic N) is 6. The molecular formula is C27H27Cl2N7O2. The zero-order valence-electron chi connectivity index (χ0n) is 20.8. The maximum Gasteiger partial charge on any atom is 0.254 e. The van der Waals surface area contributed by atoms with Crippen molar-refractivity contribution in [2.45, 2.75) is 18.9 Å². The molecule has 1 aliphatic heterocycles. The molecule has 1 saturated heterocycles. The lowest BCUT2D eigenvalue weighted by Gasteiger charge is -2.21. The highest BCUT2D eigenvalue weighted by atomic mass is 35.5. The number of rotatable bonds is 8. The van der Waals surface area contributed by atoms with E-state index in [0.29, 0.717) is 40.9 Å². The topological polar surface area (TPSA) is 97.9 Å². The van der Waals surface area contributed by atoms with E-state index in [0.717, 1.165) is 25.1 Å². The fourth-order valence-corrected chi connectivity index (χ4v) is 5.07. The van der Waals surface area contributed by atoms with E-state index < -0.39 is 6.04 Å². The van der Waals surface area contributed by atoms with Gasteiger partial charge in [-0.2, -0.15) is 0 Å². The van der Waals surface area contributed by atoms with Gasteiger partial charge in [-0.15, -0.1) is 5.10 Å². The molecule has 0 bridgehead atoms. The van der Waals surface area contributed by atoms with Gasteiger partial charge >= 0.3 is 0 Å². The smallest absolute Gasteiger partial charge is 0.254 e. The number of hydrogen-bond donors (Lipinski definition) is 1. The zero-order chi connectivity index (χ0) is 26.6. The summed E-state index contributed by atoms with van der Waals surface area (Å²) in [5.41, 5.74) is 2.18. The Morgan fingerprint density at radius 3 is 2.66 bits per heavy atom. The van der Waals surface area contributed by atoms with Crippen LogP contribution in [0.1, 0.15) is 18.0 Å². The molecule has 1 amide bonds. The minimum absolute atomic E-state index is 0.208. The van der Waals surface area contributed by atoms with Crippen molar-refractivity contribution in [1.82, 2.24) is 34.8 Å². The van der Waals surface area contributed by atoms with E-state index in [9.17, 15) is 9.59 Å². The summed E-state index contributed by atoms with van der Waals surface area (Å²) < 4.78 is 2.89. The third-order valence-corrected chi connectivity index (χ3v) is 7.16. The van der Waals surface area contributed by atoms with E-state index in [-0.39, 0.29) is 16.6 Å². The van der Waals surface area contributed by atoms with Gasteiger partial charge in [-0.3, -0.25) is 14.2 Å². The molecule has 0 aliphatic carbocycles. The predicted molar refractivity (Wildman–Crippen MR) is 147 cm³/mol. The van der Waals surface area contributed by atoms with Crippen molar-refractivity contribution in [3.05, 3.63) is 93.2 Å². The summed E-state index contributed by atoms with van der Waals surface area (Å²) in [6.07, 6.45) is 4.37. The minimum atomic E-state index is -0.751. The summed E-state index contributed by atoms with van der Waals surface area (Å²) in [6, 6.07) is 15.5. The van der Waals surface area contributed by atoms with Crippen LogP contribution in [0.2, 0.25) is 10.2 Å². The Morgan fingerprint density at radius 1 is 1.16 bits per heavy atom. The first-order valence-corrected chi connectivity index (χ1v) is 13.1. The van der Waals surface area contributed by atoms with Crippen LogP contribution < -0.4 is 10.9 Å². The van der Waals surface area contributed by atoms with Crippen molar-refractivity contribution >= 4 is 29.1 Å². The van der Waals surface area contributed by atoms with Gasteiger partial charge in [-0.05, 0) is 49.7 Å². The number of likely N-dealkylation sites (tertiary alicyclic amines) is 1. The summed E-state index contributed by atoms with van der Waals surface area (Å²) in [6.45, 7) is 2.53. The molecule has 3 heterocycles. The van der Waals surface area contributed by atoms with Crippen LogP contribution in [0.4, 0.5) is 0 Å². The summed E-state index contributed by atoms with van der Waals surface area (Å²) in [7, 11) is 2.08. The third-order valence-electron chi connectivity index (χ3n) is 6.75. The standard InChI is InChI=1S/C27H27Cl2N7O2/c1-34-10-9-19(15-34)14-30-27(38)24(11-18-5-3-2-4-6-18)35-17-31-22(13-26(35)37)21-12-20(28)7-8-23(21)36-16-25(29)32-33-36/h2-8,12-13,16-17,19,24H,9-11,14-15H2,1H3,(H,30,38)/t19?,24-/m0/s1. The van der Waals surface area contributed by atoms with Gasteiger partial charge in [0.05, 0.1) is 23.9 Å². The van der Waals surface area contributed by atoms with E-state index in [1.807, 2.05) is 30.3 Å². The largest absolute Gasteiger partial charge is 0.354 e. The van der Waals surface area contributed by atoms with Gasteiger partial charge in [-0.1, -0.05) is 58.7 Å². The van der Waals surface area contributed by atoms with Crippen molar-refractivity contribution in [1.29, 1.82) is 0 Å². The van der Waals surface area contributed by atoms with Crippen molar-refractivity contribution in [2.24, 2.45) is 5.92 Å². The van der Waals surface area contributed by atoms with Gasteiger partial charge in [0.15, 0.2) is 5.15 Å². The maximum absolute atomic E-state index is 13.4. The van der Waals surface area contributed by atoms with Crippen molar-refractivity contribution in [3.63, 3.8) is 0 Å². The number of carbonyl (C=O) groups excluding carboxylic acids is 1. The first-order chi connectivity index (χ1) is 18.4.